The van der Waals surface area contributed by atoms with E-state index in [9.17, 15) is 4.39 Å². The average molecular weight is 292 g/mol. The lowest BCUT2D eigenvalue weighted by Crippen LogP contribution is -2.39. The molecule has 4 heteroatoms. The van der Waals surface area contributed by atoms with Crippen molar-refractivity contribution in [3.05, 3.63) is 35.1 Å². The van der Waals surface area contributed by atoms with Gasteiger partial charge in [0.25, 0.3) is 0 Å². The maximum atomic E-state index is 14.1. The second-order valence-corrected chi connectivity index (χ2v) is 5.44. The highest BCUT2D eigenvalue weighted by molar-refractivity contribution is 5.37. The van der Waals surface area contributed by atoms with E-state index in [1.54, 1.807) is 12.1 Å². The summed E-state index contributed by atoms with van der Waals surface area (Å²) in [4.78, 5) is 4.38. The Morgan fingerprint density at radius 1 is 1.33 bits per heavy atom. The molecule has 0 amide bonds. The minimum Gasteiger partial charge on any atom is -0.384 e. The van der Waals surface area contributed by atoms with E-state index in [2.05, 4.69) is 35.5 Å². The summed E-state index contributed by atoms with van der Waals surface area (Å²) in [5.41, 5.74) is 1.27. The molecule has 0 aliphatic carbocycles. The first-order chi connectivity index (χ1) is 9.97. The van der Waals surface area contributed by atoms with Gasteiger partial charge < -0.3 is 10.0 Å². The molecule has 3 nitrogen and oxygen atoms in total. The molecule has 0 aliphatic rings. The van der Waals surface area contributed by atoms with Crippen LogP contribution in [0, 0.1) is 17.7 Å². The van der Waals surface area contributed by atoms with Gasteiger partial charge in [-0.25, -0.2) is 4.39 Å². The number of nitrogens with zero attached hydrogens (tertiary/aromatic N) is 2. The molecule has 0 saturated heterocycles. The van der Waals surface area contributed by atoms with Crippen LogP contribution in [0.15, 0.2) is 18.2 Å². The van der Waals surface area contributed by atoms with Crippen LogP contribution in [0.25, 0.3) is 0 Å². The standard InChI is InChI=1S/C17H25FN2O/c1-5-20(14(2)12-19(3)4)13-16-9-8-15(7-6-10-21)11-17(16)18/h8-9,11,14,21H,5,10,12-13H2,1-4H3. The van der Waals surface area contributed by atoms with Crippen molar-refractivity contribution in [2.45, 2.75) is 26.4 Å². The number of halogens is 1. The summed E-state index contributed by atoms with van der Waals surface area (Å²) in [6.45, 7) is 6.43. The maximum Gasteiger partial charge on any atom is 0.128 e. The summed E-state index contributed by atoms with van der Waals surface area (Å²) in [7, 11) is 4.08. The van der Waals surface area contributed by atoms with E-state index in [-0.39, 0.29) is 12.4 Å². The SMILES string of the molecule is CCN(Cc1ccc(C#CCO)cc1F)C(C)CN(C)C. The van der Waals surface area contributed by atoms with Crippen LogP contribution in [0.1, 0.15) is 25.0 Å². The van der Waals surface area contributed by atoms with E-state index in [4.69, 9.17) is 5.11 Å². The molecule has 1 unspecified atom stereocenters. The number of aliphatic hydroxyl groups is 1. The number of likely N-dealkylation sites (N-methyl/N-ethyl adjacent to an activating group) is 2. The van der Waals surface area contributed by atoms with Gasteiger partial charge in [-0.2, -0.15) is 0 Å². The lowest BCUT2D eigenvalue weighted by Gasteiger charge is -2.30. The Bertz CT molecular complexity index is 505. The summed E-state index contributed by atoms with van der Waals surface area (Å²) in [5.74, 6) is 5.00. The van der Waals surface area contributed by atoms with Crippen LogP contribution in [0.4, 0.5) is 4.39 Å². The highest BCUT2D eigenvalue weighted by atomic mass is 19.1. The molecule has 1 rings (SSSR count). The van der Waals surface area contributed by atoms with Crippen LogP contribution in [-0.4, -0.2) is 54.7 Å². The third-order valence-electron chi connectivity index (χ3n) is 3.40. The molecule has 0 heterocycles. The van der Waals surface area contributed by atoms with E-state index in [1.165, 1.54) is 6.07 Å². The highest BCUT2D eigenvalue weighted by Crippen LogP contribution is 2.14. The third kappa shape index (κ3) is 5.84. The number of hydrogen-bond acceptors (Lipinski definition) is 3. The van der Waals surface area contributed by atoms with Crippen molar-refractivity contribution in [2.24, 2.45) is 0 Å². The van der Waals surface area contributed by atoms with E-state index < -0.39 is 0 Å². The van der Waals surface area contributed by atoms with Gasteiger partial charge in [0.15, 0.2) is 0 Å². The molecule has 0 aliphatic heterocycles. The number of benzene rings is 1. The molecule has 116 valence electrons. The Kier molecular flexibility index (Phi) is 7.38. The minimum atomic E-state index is -0.241. The molecule has 0 spiro atoms. The normalized spacial score (nSPS) is 12.4. The quantitative estimate of drug-likeness (QED) is 0.812. The molecule has 0 radical (unpaired) electrons. The predicted molar refractivity (Wildman–Crippen MR) is 84.5 cm³/mol. The Hall–Kier alpha value is -1.41. The minimum absolute atomic E-state index is 0.213. The van der Waals surface area contributed by atoms with Crippen molar-refractivity contribution in [1.29, 1.82) is 0 Å². The van der Waals surface area contributed by atoms with E-state index in [0.29, 0.717) is 23.7 Å². The van der Waals surface area contributed by atoms with Crippen molar-refractivity contribution in [3.8, 4) is 11.8 Å². The number of aliphatic hydroxyl groups excluding tert-OH is 1. The average Bonchev–Trinajstić information content (AvgIpc) is 2.43. The van der Waals surface area contributed by atoms with Gasteiger partial charge in [-0.3, -0.25) is 4.90 Å². The zero-order valence-electron chi connectivity index (χ0n) is 13.4. The Morgan fingerprint density at radius 2 is 2.05 bits per heavy atom. The Balaban J connectivity index is 2.81. The van der Waals surface area contributed by atoms with Gasteiger partial charge in [-0.1, -0.05) is 24.8 Å². The number of hydrogen-bond donors (Lipinski definition) is 1. The molecule has 1 N–H and O–H groups in total. The van der Waals surface area contributed by atoms with Gasteiger partial charge in [0.2, 0.25) is 0 Å². The monoisotopic (exact) mass is 292 g/mol. The summed E-state index contributed by atoms with van der Waals surface area (Å²) in [6.07, 6.45) is 0. The molecule has 1 aromatic rings. The molecule has 1 aromatic carbocycles. The molecule has 0 saturated carbocycles. The molecule has 0 fully saturated rings. The lowest BCUT2D eigenvalue weighted by atomic mass is 10.1. The van der Waals surface area contributed by atoms with Gasteiger partial charge in [0, 0.05) is 30.3 Å². The van der Waals surface area contributed by atoms with Crippen molar-refractivity contribution in [2.75, 3.05) is 33.8 Å². The second-order valence-electron chi connectivity index (χ2n) is 5.44. The highest BCUT2D eigenvalue weighted by Gasteiger charge is 2.15. The van der Waals surface area contributed by atoms with Crippen molar-refractivity contribution >= 4 is 0 Å². The van der Waals surface area contributed by atoms with Crippen LogP contribution in [-0.2, 0) is 6.54 Å². The van der Waals surface area contributed by atoms with Gasteiger partial charge >= 0.3 is 0 Å². The van der Waals surface area contributed by atoms with E-state index in [1.807, 2.05) is 14.1 Å². The molecular weight excluding hydrogens is 267 g/mol. The topological polar surface area (TPSA) is 26.7 Å². The first-order valence-corrected chi connectivity index (χ1v) is 7.24. The Morgan fingerprint density at radius 3 is 2.57 bits per heavy atom. The summed E-state index contributed by atoms with van der Waals surface area (Å²) in [5, 5.41) is 8.66. The first kappa shape index (κ1) is 17.6. The van der Waals surface area contributed by atoms with Crippen molar-refractivity contribution < 1.29 is 9.50 Å². The van der Waals surface area contributed by atoms with Crippen molar-refractivity contribution in [1.82, 2.24) is 9.80 Å². The van der Waals surface area contributed by atoms with Crippen LogP contribution in [0.3, 0.4) is 0 Å². The zero-order chi connectivity index (χ0) is 15.8. The van der Waals surface area contributed by atoms with Crippen LogP contribution < -0.4 is 0 Å². The fourth-order valence-corrected chi connectivity index (χ4v) is 2.34. The third-order valence-corrected chi connectivity index (χ3v) is 3.40. The van der Waals surface area contributed by atoms with Crippen LogP contribution >= 0.6 is 0 Å². The number of rotatable bonds is 6. The van der Waals surface area contributed by atoms with E-state index in [0.717, 1.165) is 13.1 Å². The molecule has 0 aromatic heterocycles. The Labute approximate surface area is 127 Å². The van der Waals surface area contributed by atoms with Gasteiger partial charge in [0.1, 0.15) is 12.4 Å². The summed E-state index contributed by atoms with van der Waals surface area (Å²) < 4.78 is 14.1. The van der Waals surface area contributed by atoms with E-state index >= 15 is 0 Å². The summed E-state index contributed by atoms with van der Waals surface area (Å²) >= 11 is 0. The molecular formula is C17H25FN2O. The fraction of sp³-hybridized carbons (Fsp3) is 0.529. The molecule has 21 heavy (non-hydrogen) atoms. The van der Waals surface area contributed by atoms with Gasteiger partial charge in [-0.15, -0.1) is 0 Å². The first-order valence-electron chi connectivity index (χ1n) is 7.24. The van der Waals surface area contributed by atoms with Crippen molar-refractivity contribution in [3.63, 3.8) is 0 Å². The maximum absolute atomic E-state index is 14.1. The second kappa shape index (κ2) is 8.78. The van der Waals surface area contributed by atoms with Gasteiger partial charge in [-0.05, 0) is 39.7 Å². The predicted octanol–water partition coefficient (Wildman–Crippen LogP) is 1.94. The lowest BCUT2D eigenvalue weighted by molar-refractivity contribution is 0.172. The zero-order valence-corrected chi connectivity index (χ0v) is 13.4. The summed E-state index contributed by atoms with van der Waals surface area (Å²) in [6, 6.07) is 5.37. The smallest absolute Gasteiger partial charge is 0.128 e. The molecule has 0 bridgehead atoms. The fourth-order valence-electron chi connectivity index (χ4n) is 2.34. The largest absolute Gasteiger partial charge is 0.384 e. The molecule has 1 atom stereocenters. The van der Waals surface area contributed by atoms with Crippen LogP contribution in [0.2, 0.25) is 0 Å². The van der Waals surface area contributed by atoms with Gasteiger partial charge in [0.05, 0.1) is 0 Å². The van der Waals surface area contributed by atoms with Crippen LogP contribution in [0.5, 0.6) is 0 Å².